The fourth-order valence-electron chi connectivity index (χ4n) is 2.61. The fourth-order valence-corrected chi connectivity index (χ4v) is 2.61. The Morgan fingerprint density at radius 3 is 2.25 bits per heavy atom. The molecule has 2 radical (unpaired) electrons. The molecule has 2 aromatic carbocycles. The van der Waals surface area contributed by atoms with E-state index in [2.05, 4.69) is 5.32 Å². The van der Waals surface area contributed by atoms with E-state index in [1.165, 1.54) is 6.07 Å². The van der Waals surface area contributed by atoms with Gasteiger partial charge in [0.2, 0.25) is 7.85 Å². The number of carbonyl (C=O) groups excluding carboxylic acids is 1. The number of benzene rings is 2. The highest BCUT2D eigenvalue weighted by molar-refractivity contribution is 6.57. The summed E-state index contributed by atoms with van der Waals surface area (Å²) < 4.78 is 0. The third kappa shape index (κ3) is 4.96. The second-order valence-electron chi connectivity index (χ2n) is 5.54. The van der Waals surface area contributed by atoms with Crippen molar-refractivity contribution in [2.45, 2.75) is 25.0 Å². The number of amides is 1. The summed E-state index contributed by atoms with van der Waals surface area (Å²) in [5, 5.41) is 22.3. The van der Waals surface area contributed by atoms with Gasteiger partial charge in [0.1, 0.15) is 0 Å². The van der Waals surface area contributed by atoms with Crippen molar-refractivity contribution in [3.63, 3.8) is 0 Å². The number of carboxylic acids is 1. The SMILES string of the molecule is [B]C(=O)N[C@H](Cc1ccccc1)[C@H](O)Cc1ccccc1C(=O)O. The minimum atomic E-state index is -1.06. The van der Waals surface area contributed by atoms with Crippen LogP contribution in [0, 0.1) is 0 Å². The van der Waals surface area contributed by atoms with Gasteiger partial charge in [-0.1, -0.05) is 48.5 Å². The van der Waals surface area contributed by atoms with E-state index in [0.29, 0.717) is 12.0 Å². The van der Waals surface area contributed by atoms with Gasteiger partial charge in [0.05, 0.1) is 17.7 Å². The van der Waals surface area contributed by atoms with Gasteiger partial charge in [0.25, 0.3) is 0 Å². The minimum Gasteiger partial charge on any atom is -0.478 e. The van der Waals surface area contributed by atoms with E-state index >= 15 is 0 Å². The molecule has 2 atom stereocenters. The van der Waals surface area contributed by atoms with Crippen molar-refractivity contribution >= 4 is 19.6 Å². The number of hydrogen-bond acceptors (Lipinski definition) is 3. The van der Waals surface area contributed by atoms with Crippen LogP contribution in [0.1, 0.15) is 21.5 Å². The molecule has 0 heterocycles. The van der Waals surface area contributed by atoms with Crippen LogP contribution in [0.15, 0.2) is 54.6 Å². The monoisotopic (exact) mass is 323 g/mol. The molecule has 0 bridgehead atoms. The average Bonchev–Trinajstić information content (AvgIpc) is 2.55. The summed E-state index contributed by atoms with van der Waals surface area (Å²) in [5.74, 6) is -1.79. The molecule has 0 saturated heterocycles. The van der Waals surface area contributed by atoms with Crippen LogP contribution in [-0.4, -0.2) is 42.0 Å². The first-order chi connectivity index (χ1) is 11.5. The van der Waals surface area contributed by atoms with Gasteiger partial charge in [-0.3, -0.25) is 4.79 Å². The van der Waals surface area contributed by atoms with Crippen LogP contribution in [-0.2, 0) is 12.8 Å². The summed E-state index contributed by atoms with van der Waals surface area (Å²) in [6, 6.07) is 15.2. The molecule has 2 rings (SSSR count). The number of aliphatic hydroxyl groups excluding tert-OH is 1. The van der Waals surface area contributed by atoms with Crippen molar-refractivity contribution in [2.75, 3.05) is 0 Å². The Balaban J connectivity index is 2.17. The second-order valence-corrected chi connectivity index (χ2v) is 5.54. The van der Waals surface area contributed by atoms with Crippen LogP contribution in [0.5, 0.6) is 0 Å². The lowest BCUT2D eigenvalue weighted by Crippen LogP contribution is -2.45. The van der Waals surface area contributed by atoms with Gasteiger partial charge in [-0.25, -0.2) is 4.79 Å². The van der Waals surface area contributed by atoms with Gasteiger partial charge >= 0.3 is 5.97 Å². The second kappa shape index (κ2) is 8.31. The standard InChI is InChI=1S/C18H18BNO4/c19-18(24)20-15(10-12-6-2-1-3-7-12)16(21)11-13-8-4-5-9-14(13)17(22)23/h1-9,15-16,21H,10-11H2,(H,20,24)(H,22,23)/t15-,16-/m1/s1. The van der Waals surface area contributed by atoms with Gasteiger partial charge in [-0.15, -0.1) is 0 Å². The normalized spacial score (nSPS) is 13.0. The first-order valence-electron chi connectivity index (χ1n) is 7.56. The highest BCUT2D eigenvalue weighted by Gasteiger charge is 2.22. The number of aromatic carboxylic acids is 1. The molecule has 3 N–H and O–H groups in total. The molecule has 2 aromatic rings. The maximum absolute atomic E-state index is 11.3. The smallest absolute Gasteiger partial charge is 0.335 e. The zero-order chi connectivity index (χ0) is 17.5. The van der Waals surface area contributed by atoms with E-state index in [-0.39, 0.29) is 12.0 Å². The zero-order valence-electron chi connectivity index (χ0n) is 13.1. The molecule has 0 aliphatic rings. The summed E-state index contributed by atoms with van der Waals surface area (Å²) in [7, 11) is 5.20. The van der Waals surface area contributed by atoms with Crippen LogP contribution in [0.4, 0.5) is 4.79 Å². The van der Waals surface area contributed by atoms with Crippen molar-refractivity contribution in [2.24, 2.45) is 0 Å². The molecular weight excluding hydrogens is 305 g/mol. The highest BCUT2D eigenvalue weighted by Crippen LogP contribution is 2.15. The largest absolute Gasteiger partial charge is 0.478 e. The van der Waals surface area contributed by atoms with Gasteiger partial charge < -0.3 is 15.5 Å². The molecule has 0 aliphatic heterocycles. The summed E-state index contributed by atoms with van der Waals surface area (Å²) >= 11 is 0. The Kier molecular flexibility index (Phi) is 6.15. The van der Waals surface area contributed by atoms with Crippen molar-refractivity contribution in [1.82, 2.24) is 5.32 Å². The van der Waals surface area contributed by atoms with Crippen molar-refractivity contribution in [3.8, 4) is 0 Å². The molecule has 0 aromatic heterocycles. The topological polar surface area (TPSA) is 86.6 Å². The maximum Gasteiger partial charge on any atom is 0.335 e. The third-order valence-corrected chi connectivity index (χ3v) is 3.77. The molecule has 5 nitrogen and oxygen atoms in total. The Morgan fingerprint density at radius 2 is 1.62 bits per heavy atom. The summed E-state index contributed by atoms with van der Waals surface area (Å²) in [5.41, 5.74) is 1.57. The molecule has 0 saturated carbocycles. The van der Waals surface area contributed by atoms with Crippen molar-refractivity contribution in [1.29, 1.82) is 0 Å². The molecular formula is C18H18BNO4. The molecule has 0 fully saturated rings. The predicted molar refractivity (Wildman–Crippen MR) is 91.3 cm³/mol. The Bertz CT molecular complexity index is 705. The summed E-state index contributed by atoms with van der Waals surface area (Å²) in [4.78, 5) is 22.5. The van der Waals surface area contributed by atoms with Crippen molar-refractivity contribution < 1.29 is 19.8 Å². The van der Waals surface area contributed by atoms with Gasteiger partial charge in [0, 0.05) is 6.42 Å². The zero-order valence-corrected chi connectivity index (χ0v) is 13.1. The minimum absolute atomic E-state index is 0.0975. The fraction of sp³-hybridized carbons (Fsp3) is 0.222. The number of aliphatic hydroxyl groups is 1. The van der Waals surface area contributed by atoms with Crippen LogP contribution in [0.3, 0.4) is 0 Å². The molecule has 6 heteroatoms. The van der Waals surface area contributed by atoms with Crippen LogP contribution < -0.4 is 5.32 Å². The van der Waals surface area contributed by atoms with Gasteiger partial charge in [-0.2, -0.15) is 0 Å². The summed E-state index contributed by atoms with van der Waals surface area (Å²) in [6.07, 6.45) is -0.487. The van der Waals surface area contributed by atoms with E-state index in [9.17, 15) is 19.8 Å². The number of rotatable bonds is 7. The Morgan fingerprint density at radius 1 is 1.00 bits per heavy atom. The molecule has 0 unspecified atom stereocenters. The van der Waals surface area contributed by atoms with Crippen LogP contribution in [0.25, 0.3) is 0 Å². The molecule has 0 aliphatic carbocycles. The first kappa shape index (κ1) is 17.8. The quantitative estimate of drug-likeness (QED) is 0.678. The lowest BCUT2D eigenvalue weighted by atomic mass is 9.93. The average molecular weight is 323 g/mol. The number of carboxylic acid groups (broad SMARTS) is 1. The first-order valence-corrected chi connectivity index (χ1v) is 7.56. The molecule has 24 heavy (non-hydrogen) atoms. The van der Waals surface area contributed by atoms with E-state index in [4.69, 9.17) is 7.85 Å². The maximum atomic E-state index is 11.3. The van der Waals surface area contributed by atoms with Crippen molar-refractivity contribution in [3.05, 3.63) is 71.3 Å². The molecule has 1 amide bonds. The lowest BCUT2D eigenvalue weighted by Gasteiger charge is -2.24. The van der Waals surface area contributed by atoms with Crippen LogP contribution >= 0.6 is 0 Å². The molecule has 0 spiro atoms. The number of nitrogens with one attached hydrogen (secondary N) is 1. The highest BCUT2D eigenvalue weighted by atomic mass is 16.4. The van der Waals surface area contributed by atoms with Crippen LogP contribution in [0.2, 0.25) is 0 Å². The lowest BCUT2D eigenvalue weighted by molar-refractivity contribution is 0.0693. The van der Waals surface area contributed by atoms with Gasteiger partial charge in [0.15, 0.2) is 5.81 Å². The van der Waals surface area contributed by atoms with E-state index < -0.39 is 23.9 Å². The van der Waals surface area contributed by atoms with Gasteiger partial charge in [-0.05, 0) is 23.6 Å². The molecule has 122 valence electrons. The third-order valence-electron chi connectivity index (χ3n) is 3.77. The number of carbonyl (C=O) groups is 2. The Hall–Kier alpha value is -2.60. The number of hydrogen-bond donors (Lipinski definition) is 3. The predicted octanol–water partition coefficient (Wildman–Crippen LogP) is 1.78. The van der Waals surface area contributed by atoms with E-state index in [1.54, 1.807) is 18.2 Å². The van der Waals surface area contributed by atoms with E-state index in [1.807, 2.05) is 30.3 Å². The Labute approximate surface area is 141 Å². The van der Waals surface area contributed by atoms with E-state index in [0.717, 1.165) is 5.56 Å². The summed E-state index contributed by atoms with van der Waals surface area (Å²) in [6.45, 7) is 0.